The molecule has 144 valence electrons. The van der Waals surface area contributed by atoms with Gasteiger partial charge in [-0.15, -0.1) is 10.2 Å². The summed E-state index contributed by atoms with van der Waals surface area (Å²) >= 11 is 1.25. The van der Waals surface area contributed by atoms with Crippen molar-refractivity contribution in [2.75, 3.05) is 11.1 Å². The lowest BCUT2D eigenvalue weighted by Crippen LogP contribution is -2.17. The summed E-state index contributed by atoms with van der Waals surface area (Å²) in [7, 11) is 1.82. The Morgan fingerprint density at radius 3 is 2.43 bits per heavy atom. The number of rotatable bonds is 9. The van der Waals surface area contributed by atoms with Gasteiger partial charge in [0.15, 0.2) is 16.8 Å². The first-order valence-electron chi connectivity index (χ1n) is 8.67. The molecule has 7 nitrogen and oxygen atoms in total. The number of hydrogen-bond donors (Lipinski definition) is 1. The van der Waals surface area contributed by atoms with Crippen LogP contribution in [-0.2, 0) is 23.2 Å². The molecule has 8 heteroatoms. The lowest BCUT2D eigenvalue weighted by atomic mass is 10.2. The Labute approximate surface area is 167 Å². The van der Waals surface area contributed by atoms with E-state index in [1.807, 2.05) is 55.6 Å². The van der Waals surface area contributed by atoms with Gasteiger partial charge in [0, 0.05) is 12.7 Å². The van der Waals surface area contributed by atoms with Crippen LogP contribution in [0.15, 0.2) is 65.8 Å². The molecule has 2 aromatic carbocycles. The molecule has 0 radical (unpaired) electrons. The molecule has 0 unspecified atom stereocenters. The lowest BCUT2D eigenvalue weighted by molar-refractivity contribution is -0.123. The summed E-state index contributed by atoms with van der Waals surface area (Å²) in [6.45, 7) is 0.279. The number of ether oxygens (including phenoxy) is 1. The van der Waals surface area contributed by atoms with E-state index in [0.717, 1.165) is 5.75 Å². The molecule has 0 fully saturated rings. The Balaban J connectivity index is 1.46. The third-order valence-electron chi connectivity index (χ3n) is 3.81. The first-order valence-corrected chi connectivity index (χ1v) is 9.66. The van der Waals surface area contributed by atoms with Crippen LogP contribution in [-0.4, -0.2) is 32.2 Å². The van der Waals surface area contributed by atoms with Crippen LogP contribution < -0.4 is 10.1 Å². The molecule has 1 heterocycles. The van der Waals surface area contributed by atoms with Crippen LogP contribution in [0.1, 0.15) is 12.2 Å². The van der Waals surface area contributed by atoms with Crippen molar-refractivity contribution < 1.29 is 14.3 Å². The van der Waals surface area contributed by atoms with E-state index in [2.05, 4.69) is 15.5 Å². The number of anilines is 1. The van der Waals surface area contributed by atoms with E-state index in [9.17, 15) is 9.59 Å². The standard InChI is InChI=1S/C20H20N4O3S/c1-24-18(13-27-17-10-6-3-7-11-17)22-23-20(24)28-14-16(25)12-19(26)21-15-8-4-2-5-9-15/h2-11H,12-14H2,1H3,(H,21,26). The second kappa shape index (κ2) is 9.70. The summed E-state index contributed by atoms with van der Waals surface area (Å²) in [5.74, 6) is 1.04. The molecule has 0 spiro atoms. The van der Waals surface area contributed by atoms with E-state index in [-0.39, 0.29) is 30.5 Å². The maximum absolute atomic E-state index is 12.1. The van der Waals surface area contributed by atoms with Crippen molar-refractivity contribution in [3.8, 4) is 5.75 Å². The van der Waals surface area contributed by atoms with E-state index in [0.29, 0.717) is 16.7 Å². The number of para-hydroxylation sites is 2. The monoisotopic (exact) mass is 396 g/mol. The summed E-state index contributed by atoms with van der Waals surface area (Å²) in [5.41, 5.74) is 0.671. The van der Waals surface area contributed by atoms with Gasteiger partial charge in [-0.05, 0) is 24.3 Å². The number of Topliss-reactive ketones (excluding diaryl/α,β-unsaturated/α-hetero) is 1. The first-order chi connectivity index (χ1) is 13.6. The highest BCUT2D eigenvalue weighted by molar-refractivity contribution is 7.99. The Morgan fingerprint density at radius 2 is 1.71 bits per heavy atom. The van der Waals surface area contributed by atoms with Crippen LogP contribution in [0.2, 0.25) is 0 Å². The van der Waals surface area contributed by atoms with Gasteiger partial charge in [0.1, 0.15) is 12.4 Å². The van der Waals surface area contributed by atoms with Gasteiger partial charge in [-0.2, -0.15) is 0 Å². The number of carbonyl (C=O) groups is 2. The quantitative estimate of drug-likeness (QED) is 0.442. The maximum Gasteiger partial charge on any atom is 0.231 e. The molecule has 28 heavy (non-hydrogen) atoms. The van der Waals surface area contributed by atoms with Gasteiger partial charge >= 0.3 is 0 Å². The SMILES string of the molecule is Cn1c(COc2ccccc2)nnc1SCC(=O)CC(=O)Nc1ccccc1. The number of nitrogens with one attached hydrogen (secondary N) is 1. The highest BCUT2D eigenvalue weighted by Gasteiger charge is 2.14. The average molecular weight is 396 g/mol. The van der Waals surface area contributed by atoms with Gasteiger partial charge in [0.25, 0.3) is 0 Å². The molecule has 0 atom stereocenters. The summed E-state index contributed by atoms with van der Waals surface area (Å²) in [4.78, 5) is 24.0. The number of ketones is 1. The van der Waals surface area contributed by atoms with Gasteiger partial charge in [0.05, 0.1) is 12.2 Å². The van der Waals surface area contributed by atoms with Crippen molar-refractivity contribution in [1.82, 2.24) is 14.8 Å². The maximum atomic E-state index is 12.1. The normalized spacial score (nSPS) is 10.5. The predicted molar refractivity (Wildman–Crippen MR) is 107 cm³/mol. The summed E-state index contributed by atoms with van der Waals surface area (Å²) in [6.07, 6.45) is -0.177. The largest absolute Gasteiger partial charge is 0.486 e. The van der Waals surface area contributed by atoms with Crippen LogP contribution in [0.25, 0.3) is 0 Å². The predicted octanol–water partition coefficient (Wildman–Crippen LogP) is 3.08. The summed E-state index contributed by atoms with van der Waals surface area (Å²) in [6, 6.07) is 18.5. The first kappa shape index (κ1) is 19.6. The minimum absolute atomic E-state index is 0.147. The number of thioether (sulfide) groups is 1. The Hall–Kier alpha value is -3.13. The fourth-order valence-electron chi connectivity index (χ4n) is 2.36. The number of nitrogens with zero attached hydrogens (tertiary/aromatic N) is 3. The number of benzene rings is 2. The number of aromatic nitrogens is 3. The van der Waals surface area contributed by atoms with Gasteiger partial charge in [0.2, 0.25) is 5.91 Å². The molecule has 1 N–H and O–H groups in total. The fraction of sp³-hybridized carbons (Fsp3) is 0.200. The fourth-order valence-corrected chi connectivity index (χ4v) is 3.15. The third-order valence-corrected chi connectivity index (χ3v) is 4.89. The minimum atomic E-state index is -0.327. The third kappa shape index (κ3) is 5.68. The van der Waals surface area contributed by atoms with Gasteiger partial charge in [-0.3, -0.25) is 9.59 Å². The highest BCUT2D eigenvalue weighted by atomic mass is 32.2. The van der Waals surface area contributed by atoms with Crippen molar-refractivity contribution >= 4 is 29.1 Å². The highest BCUT2D eigenvalue weighted by Crippen LogP contribution is 2.18. The number of hydrogen-bond acceptors (Lipinski definition) is 6. The topological polar surface area (TPSA) is 86.1 Å². The molecular formula is C20H20N4O3S. The van der Waals surface area contributed by atoms with Gasteiger partial charge < -0.3 is 14.6 Å². The van der Waals surface area contributed by atoms with Crippen LogP contribution >= 0.6 is 11.8 Å². The van der Waals surface area contributed by atoms with Crippen molar-refractivity contribution in [3.05, 3.63) is 66.5 Å². The molecule has 3 rings (SSSR count). The molecule has 3 aromatic rings. The smallest absolute Gasteiger partial charge is 0.231 e. The molecule has 0 aliphatic rings. The molecule has 0 bridgehead atoms. The Bertz CT molecular complexity index is 929. The van der Waals surface area contributed by atoms with Crippen LogP contribution in [0, 0.1) is 0 Å². The zero-order valence-corrected chi connectivity index (χ0v) is 16.2. The Morgan fingerprint density at radius 1 is 1.04 bits per heavy atom. The summed E-state index contributed by atoms with van der Waals surface area (Å²) in [5, 5.41) is 11.5. The second-order valence-corrected chi connectivity index (χ2v) is 6.92. The molecule has 0 saturated carbocycles. The zero-order valence-electron chi connectivity index (χ0n) is 15.4. The van der Waals surface area contributed by atoms with E-state index in [4.69, 9.17) is 4.74 Å². The van der Waals surface area contributed by atoms with Crippen LogP contribution in [0.3, 0.4) is 0 Å². The molecule has 1 aromatic heterocycles. The van der Waals surface area contributed by atoms with Crippen molar-refractivity contribution in [3.63, 3.8) is 0 Å². The zero-order chi connectivity index (χ0) is 19.8. The van der Waals surface area contributed by atoms with Crippen molar-refractivity contribution in [2.45, 2.75) is 18.2 Å². The molecular weight excluding hydrogens is 376 g/mol. The van der Waals surface area contributed by atoms with E-state index < -0.39 is 0 Å². The van der Waals surface area contributed by atoms with E-state index in [1.54, 1.807) is 16.7 Å². The van der Waals surface area contributed by atoms with Crippen molar-refractivity contribution in [2.24, 2.45) is 7.05 Å². The molecule has 0 aliphatic carbocycles. The minimum Gasteiger partial charge on any atom is -0.486 e. The van der Waals surface area contributed by atoms with E-state index >= 15 is 0 Å². The lowest BCUT2D eigenvalue weighted by Gasteiger charge is -2.06. The molecule has 0 saturated heterocycles. The van der Waals surface area contributed by atoms with Crippen LogP contribution in [0.4, 0.5) is 5.69 Å². The van der Waals surface area contributed by atoms with Crippen molar-refractivity contribution in [1.29, 1.82) is 0 Å². The Kier molecular flexibility index (Phi) is 6.80. The number of amides is 1. The van der Waals surface area contributed by atoms with Gasteiger partial charge in [-0.25, -0.2) is 0 Å². The molecule has 1 amide bonds. The summed E-state index contributed by atoms with van der Waals surface area (Å²) < 4.78 is 7.45. The molecule has 0 aliphatic heterocycles. The second-order valence-electron chi connectivity index (χ2n) is 5.98. The van der Waals surface area contributed by atoms with Crippen LogP contribution in [0.5, 0.6) is 5.75 Å². The average Bonchev–Trinajstić information content (AvgIpc) is 3.06. The van der Waals surface area contributed by atoms with E-state index in [1.165, 1.54) is 11.8 Å². The van der Waals surface area contributed by atoms with Gasteiger partial charge in [-0.1, -0.05) is 48.2 Å². The number of carbonyl (C=O) groups excluding carboxylic acids is 2.